The molecule has 0 spiro atoms. The topological polar surface area (TPSA) is 59.0 Å². The van der Waals surface area contributed by atoms with Gasteiger partial charge in [-0.15, -0.1) is 0 Å². The molecule has 0 saturated carbocycles. The van der Waals surface area contributed by atoms with Crippen molar-refractivity contribution in [2.45, 2.75) is 24.3 Å². The van der Waals surface area contributed by atoms with Crippen LogP contribution in [-0.4, -0.2) is 25.7 Å². The molecule has 7 heteroatoms. The average molecular weight is 424 g/mol. The molecule has 154 valence electrons. The summed E-state index contributed by atoms with van der Waals surface area (Å²) in [6, 6.07) is 19.4. The lowest BCUT2D eigenvalue weighted by molar-refractivity contribution is 0.370. The third-order valence-corrected chi connectivity index (χ3v) is 6.97. The van der Waals surface area contributed by atoms with Crippen LogP contribution in [0.1, 0.15) is 29.2 Å². The Morgan fingerprint density at radius 3 is 2.53 bits per heavy atom. The predicted octanol–water partition coefficient (Wildman–Crippen LogP) is 4.68. The molecule has 1 aliphatic heterocycles. The van der Waals surface area contributed by atoms with Gasteiger partial charge in [-0.2, -0.15) is 17.9 Å². The highest BCUT2D eigenvalue weighted by molar-refractivity contribution is 7.89. The zero-order valence-electron chi connectivity index (χ0n) is 16.6. The third-order valence-electron chi connectivity index (χ3n) is 5.13. The van der Waals surface area contributed by atoms with Gasteiger partial charge in [0.15, 0.2) is 0 Å². The van der Waals surface area contributed by atoms with Crippen LogP contribution >= 0.6 is 0 Å². The number of rotatable bonds is 5. The van der Waals surface area contributed by atoms with E-state index in [-0.39, 0.29) is 4.90 Å². The van der Waals surface area contributed by atoms with Gasteiger partial charge < -0.3 is 4.74 Å². The van der Waals surface area contributed by atoms with Gasteiger partial charge in [0, 0.05) is 12.0 Å². The standard InChI is InChI=1S/C23H21FN2O3S/c1-16-7-3-4-12-23(16)30(27,28)26-22(18-9-5-10-19(24)13-18)15-21(25-26)17-8-6-11-20(14-17)29-2/h3-14,22H,15H2,1-2H3/t22-/m0/s1. The number of hydrogen-bond acceptors (Lipinski definition) is 4. The van der Waals surface area contributed by atoms with Crippen LogP contribution in [0.5, 0.6) is 5.75 Å². The Bertz CT molecular complexity index is 1220. The minimum Gasteiger partial charge on any atom is -0.497 e. The van der Waals surface area contributed by atoms with Gasteiger partial charge in [-0.1, -0.05) is 42.5 Å². The van der Waals surface area contributed by atoms with Gasteiger partial charge in [-0.3, -0.25) is 0 Å². The molecule has 30 heavy (non-hydrogen) atoms. The molecule has 5 nitrogen and oxygen atoms in total. The Hall–Kier alpha value is -3.19. The molecule has 0 saturated heterocycles. The first-order valence-electron chi connectivity index (χ1n) is 9.47. The molecule has 3 aromatic carbocycles. The highest BCUT2D eigenvalue weighted by Crippen LogP contribution is 2.38. The molecule has 0 bridgehead atoms. The molecule has 0 amide bonds. The van der Waals surface area contributed by atoms with E-state index in [4.69, 9.17) is 4.74 Å². The van der Waals surface area contributed by atoms with Crippen molar-refractivity contribution < 1.29 is 17.5 Å². The monoisotopic (exact) mass is 424 g/mol. The van der Waals surface area contributed by atoms with Gasteiger partial charge >= 0.3 is 0 Å². The van der Waals surface area contributed by atoms with Gasteiger partial charge in [0.25, 0.3) is 10.0 Å². The lowest BCUT2D eigenvalue weighted by Crippen LogP contribution is -2.28. The fraction of sp³-hybridized carbons (Fsp3) is 0.174. The summed E-state index contributed by atoms with van der Waals surface area (Å²) in [5.74, 6) is 0.230. The smallest absolute Gasteiger partial charge is 0.279 e. The number of nitrogens with zero attached hydrogens (tertiary/aromatic N) is 2. The molecule has 0 radical (unpaired) electrons. The van der Waals surface area contributed by atoms with Crippen molar-refractivity contribution in [1.82, 2.24) is 4.41 Å². The fourth-order valence-corrected chi connectivity index (χ4v) is 5.26. The van der Waals surface area contributed by atoms with E-state index in [1.807, 2.05) is 24.3 Å². The van der Waals surface area contributed by atoms with Crippen molar-refractivity contribution in [2.24, 2.45) is 5.10 Å². The maximum absolute atomic E-state index is 13.9. The Balaban J connectivity index is 1.84. The quantitative estimate of drug-likeness (QED) is 0.597. The lowest BCUT2D eigenvalue weighted by Gasteiger charge is -2.24. The average Bonchev–Trinajstić information content (AvgIpc) is 3.20. The molecule has 1 heterocycles. The highest BCUT2D eigenvalue weighted by atomic mass is 32.2. The number of ether oxygens (including phenoxy) is 1. The number of methoxy groups -OCH3 is 1. The summed E-state index contributed by atoms with van der Waals surface area (Å²) in [4.78, 5) is 0.182. The number of hydrogen-bond donors (Lipinski definition) is 0. The highest BCUT2D eigenvalue weighted by Gasteiger charge is 2.38. The molecule has 0 aliphatic carbocycles. The van der Waals surface area contributed by atoms with Gasteiger partial charge in [0.05, 0.1) is 23.8 Å². The third kappa shape index (κ3) is 3.68. The minimum absolute atomic E-state index is 0.182. The van der Waals surface area contributed by atoms with Gasteiger partial charge in [-0.05, 0) is 48.4 Å². The van der Waals surface area contributed by atoms with Crippen LogP contribution < -0.4 is 4.74 Å². The molecule has 1 aliphatic rings. The first-order chi connectivity index (χ1) is 14.4. The number of benzene rings is 3. The Labute approximate surface area is 175 Å². The van der Waals surface area contributed by atoms with Crippen molar-refractivity contribution in [3.05, 3.63) is 95.3 Å². The molecule has 1 atom stereocenters. The number of halogens is 1. The van der Waals surface area contributed by atoms with Crippen molar-refractivity contribution >= 4 is 15.7 Å². The van der Waals surface area contributed by atoms with Crippen molar-refractivity contribution in [3.63, 3.8) is 0 Å². The number of aryl methyl sites for hydroxylation is 1. The normalized spacial score (nSPS) is 16.4. The van der Waals surface area contributed by atoms with E-state index in [2.05, 4.69) is 5.10 Å². The Kier molecular flexibility index (Phi) is 5.30. The van der Waals surface area contributed by atoms with Gasteiger partial charge in [-0.25, -0.2) is 4.39 Å². The molecule has 0 unspecified atom stereocenters. The summed E-state index contributed by atoms with van der Waals surface area (Å²) in [5.41, 5.74) is 2.54. The number of hydrazone groups is 1. The summed E-state index contributed by atoms with van der Waals surface area (Å²) in [5, 5.41) is 4.49. The summed E-state index contributed by atoms with van der Waals surface area (Å²) in [6.07, 6.45) is 0.321. The van der Waals surface area contributed by atoms with Crippen LogP contribution in [0.4, 0.5) is 4.39 Å². The SMILES string of the molecule is COc1cccc(C2=NN(S(=O)(=O)c3ccccc3C)[C@H](c3cccc(F)c3)C2)c1. The molecule has 4 rings (SSSR count). The van der Waals surface area contributed by atoms with E-state index in [1.54, 1.807) is 50.4 Å². The second kappa shape index (κ2) is 7.91. The molecular formula is C23H21FN2O3S. The minimum atomic E-state index is -3.94. The van der Waals surface area contributed by atoms with Gasteiger partial charge in [0.1, 0.15) is 11.6 Å². The summed E-state index contributed by atoms with van der Waals surface area (Å²) < 4.78 is 47.4. The first kappa shape index (κ1) is 20.1. The molecule has 3 aromatic rings. The largest absolute Gasteiger partial charge is 0.497 e. The van der Waals surface area contributed by atoms with Crippen molar-refractivity contribution in [2.75, 3.05) is 7.11 Å². The van der Waals surface area contributed by atoms with Crippen LogP contribution in [0.2, 0.25) is 0 Å². The van der Waals surface area contributed by atoms with Crippen LogP contribution in [0.3, 0.4) is 0 Å². The Morgan fingerprint density at radius 1 is 1.03 bits per heavy atom. The zero-order valence-corrected chi connectivity index (χ0v) is 17.4. The van der Waals surface area contributed by atoms with E-state index < -0.39 is 21.9 Å². The number of sulfonamides is 1. The van der Waals surface area contributed by atoms with E-state index in [0.717, 1.165) is 9.98 Å². The van der Waals surface area contributed by atoms with E-state index >= 15 is 0 Å². The van der Waals surface area contributed by atoms with E-state index in [9.17, 15) is 12.8 Å². The zero-order chi connectivity index (χ0) is 21.3. The summed E-state index contributed by atoms with van der Waals surface area (Å²) in [6.45, 7) is 1.74. The van der Waals surface area contributed by atoms with Crippen LogP contribution in [0, 0.1) is 12.7 Å². The predicted molar refractivity (Wildman–Crippen MR) is 113 cm³/mol. The second-order valence-electron chi connectivity index (χ2n) is 7.10. The van der Waals surface area contributed by atoms with Crippen LogP contribution in [0.15, 0.2) is 82.8 Å². The maximum atomic E-state index is 13.9. The maximum Gasteiger partial charge on any atom is 0.279 e. The van der Waals surface area contributed by atoms with Crippen LogP contribution in [-0.2, 0) is 10.0 Å². The molecule has 0 N–H and O–H groups in total. The van der Waals surface area contributed by atoms with Gasteiger partial charge in [0.2, 0.25) is 0 Å². The molecular weight excluding hydrogens is 403 g/mol. The summed E-state index contributed by atoms with van der Waals surface area (Å²) >= 11 is 0. The van der Waals surface area contributed by atoms with E-state index in [0.29, 0.717) is 29.0 Å². The summed E-state index contributed by atoms with van der Waals surface area (Å²) in [7, 11) is -2.37. The Morgan fingerprint density at radius 2 is 1.80 bits per heavy atom. The van der Waals surface area contributed by atoms with Crippen molar-refractivity contribution in [3.8, 4) is 5.75 Å². The second-order valence-corrected chi connectivity index (χ2v) is 8.86. The molecule has 0 aromatic heterocycles. The van der Waals surface area contributed by atoms with Crippen molar-refractivity contribution in [1.29, 1.82) is 0 Å². The lowest BCUT2D eigenvalue weighted by atomic mass is 9.99. The first-order valence-corrected chi connectivity index (χ1v) is 10.9. The fourth-order valence-electron chi connectivity index (χ4n) is 3.60. The van der Waals surface area contributed by atoms with Crippen LogP contribution in [0.25, 0.3) is 0 Å². The molecule has 0 fully saturated rings. The van der Waals surface area contributed by atoms with E-state index in [1.165, 1.54) is 12.1 Å².